The van der Waals surface area contributed by atoms with Crippen molar-refractivity contribution in [3.63, 3.8) is 0 Å². The number of hydrogen-bond acceptors (Lipinski definition) is 14. The van der Waals surface area contributed by atoms with Crippen LogP contribution in [-0.2, 0) is 41.7 Å². The number of aryl methyl sites for hydroxylation is 2. The van der Waals surface area contributed by atoms with E-state index < -0.39 is 81.9 Å². The summed E-state index contributed by atoms with van der Waals surface area (Å²) in [5.74, 6) is -4.53. The molecule has 4 atom stereocenters. The number of alkyl halides is 1. The number of aromatic hydroxyl groups is 1. The number of hydrogen-bond donors (Lipinski definition) is 9. The molecule has 78 heavy (non-hydrogen) atoms. The predicted molar refractivity (Wildman–Crippen MR) is 289 cm³/mol. The highest BCUT2D eigenvalue weighted by Crippen LogP contribution is 2.41. The van der Waals surface area contributed by atoms with Crippen LogP contribution in [0.3, 0.4) is 0 Å². The predicted octanol–water partition coefficient (Wildman–Crippen LogP) is 4.71. The van der Waals surface area contributed by atoms with E-state index in [4.69, 9.17) is 10.1 Å². The van der Waals surface area contributed by atoms with E-state index in [9.17, 15) is 53.3 Å². The van der Waals surface area contributed by atoms with Crippen molar-refractivity contribution in [2.45, 2.75) is 116 Å². The van der Waals surface area contributed by atoms with Crippen molar-refractivity contribution in [2.24, 2.45) is 5.41 Å². The first kappa shape index (κ1) is 58.0. The van der Waals surface area contributed by atoms with E-state index >= 15 is 0 Å². The van der Waals surface area contributed by atoms with Gasteiger partial charge < -0.3 is 56.4 Å². The van der Waals surface area contributed by atoms with Crippen LogP contribution in [0.15, 0.2) is 72.3 Å². The smallest absolute Gasteiger partial charge is 0.269 e. The number of rotatable bonds is 23. The number of carbonyl (C=O) groups excluding carboxylic acids is 7. The van der Waals surface area contributed by atoms with E-state index in [1.165, 1.54) is 40.3 Å². The number of ether oxygens (including phenoxy) is 1. The number of aromatic nitrogens is 1. The van der Waals surface area contributed by atoms with Crippen molar-refractivity contribution in [1.29, 1.82) is 5.41 Å². The highest BCUT2D eigenvalue weighted by atomic mass is 32.1. The number of carbonyl (C=O) groups is 7. The summed E-state index contributed by atoms with van der Waals surface area (Å²) < 4.78 is 20.7. The minimum atomic E-state index is -2.02. The molecule has 0 spiro atoms. The van der Waals surface area contributed by atoms with Gasteiger partial charge in [0.25, 0.3) is 23.6 Å². The number of halogens is 1. The molecule has 0 unspecified atom stereocenters. The van der Waals surface area contributed by atoms with Crippen LogP contribution < -0.4 is 31.3 Å². The van der Waals surface area contributed by atoms with Gasteiger partial charge in [-0.2, -0.15) is 0 Å². The Morgan fingerprint density at radius 1 is 1.00 bits per heavy atom. The largest absolute Gasteiger partial charge is 0.507 e. The van der Waals surface area contributed by atoms with Crippen molar-refractivity contribution < 1.29 is 58.0 Å². The molecule has 0 bridgehead atoms. The van der Waals surface area contributed by atoms with Crippen LogP contribution in [0, 0.1) is 17.7 Å². The number of phenols is 1. The summed E-state index contributed by atoms with van der Waals surface area (Å²) in [6, 6.07) is 14.5. The van der Waals surface area contributed by atoms with Gasteiger partial charge in [-0.1, -0.05) is 63.2 Å². The lowest BCUT2D eigenvalue weighted by atomic mass is 9.85. The molecular weight excluding hydrogens is 1030 g/mol. The van der Waals surface area contributed by atoms with Crippen molar-refractivity contribution in [3.05, 3.63) is 106 Å². The fourth-order valence-electron chi connectivity index (χ4n) is 9.26. The van der Waals surface area contributed by atoms with Gasteiger partial charge in [-0.3, -0.25) is 39.0 Å². The number of aliphatic hydroxyl groups excluding tert-OH is 2. The molecule has 2 fully saturated rings. The van der Waals surface area contributed by atoms with Crippen molar-refractivity contribution in [2.75, 3.05) is 39.8 Å². The molecule has 416 valence electrons. The standard InChI is InChI=1S/C56H68FN9O11S/c1-32-48(78-31-62-32)35-13-14-36(28-61-51(73)42-26-37(67)29-66(42)53(75)49(55(2,3)4)64-54(76)56(57)19-20-56)45(25-35)77-30-47(71)59-21-9-8-12-46(70)60-22-23-65(5)52(74)39-17-15-34(24-44(39)69)43(68)27-40(58)50(72)63-41-18-16-33-10-6-7-11-38(33)41/h6-7,10-11,13-15,17,24-25,27,31,37,41-42,49,58,67-69H,8-9,12,16,18-23,26,28-30H2,1-5H3,(H,59,71)(H,60,70)(H,61,73)(H,63,72)(H,64,76)/b43-27-,58-40?/t37-,41-,42+,49-/m1/s1. The molecule has 7 rings (SSSR count). The van der Waals surface area contributed by atoms with Crippen LogP contribution in [0.4, 0.5) is 4.39 Å². The molecule has 0 radical (unpaired) electrons. The summed E-state index contributed by atoms with van der Waals surface area (Å²) >= 11 is 1.42. The number of fused-ring (bicyclic) bond motifs is 1. The molecule has 7 amide bonds. The second-order valence-electron chi connectivity index (χ2n) is 21.1. The van der Waals surface area contributed by atoms with Gasteiger partial charge in [0.2, 0.25) is 17.7 Å². The molecule has 4 aromatic rings. The SMILES string of the molecule is Cc1ncsc1-c1ccc(CNC(=O)[C@@H]2C[C@@H](O)CN2C(=O)[C@@H](NC(=O)C2(F)CC2)C(C)(C)C)c(OCC(=O)NCCCCC(=O)NCCN(C)C(=O)c2ccc(/C(O)=C/C(=N)C(=O)N[C@@H]3CCc4ccccc43)cc2O)c1. The van der Waals surface area contributed by atoms with Crippen LogP contribution in [0.5, 0.6) is 11.5 Å². The van der Waals surface area contributed by atoms with E-state index in [0.29, 0.717) is 30.6 Å². The summed E-state index contributed by atoms with van der Waals surface area (Å²) in [5.41, 5.74) is 2.61. The molecule has 1 saturated carbocycles. The highest BCUT2D eigenvalue weighted by Gasteiger charge is 2.53. The number of β-amino-alcohol motifs (C(OH)–C–C–N with tert-alkyl or cyclic N) is 1. The summed E-state index contributed by atoms with van der Waals surface area (Å²) in [6.07, 6.45) is 2.61. The summed E-state index contributed by atoms with van der Waals surface area (Å²) in [6.45, 7) is 6.90. The van der Waals surface area contributed by atoms with Crippen LogP contribution in [0.2, 0.25) is 0 Å². The zero-order chi connectivity index (χ0) is 56.5. The molecule has 1 aromatic heterocycles. The van der Waals surface area contributed by atoms with Gasteiger partial charge in [-0.25, -0.2) is 9.37 Å². The Balaban J connectivity index is 0.829. The monoisotopic (exact) mass is 1090 g/mol. The quantitative estimate of drug-likeness (QED) is 0.0277. The molecule has 9 N–H and O–H groups in total. The number of likely N-dealkylation sites (N-methyl/N-ethyl adjacent to an activating group) is 1. The van der Waals surface area contributed by atoms with Crippen LogP contribution in [-0.4, -0.2) is 141 Å². The maximum atomic E-state index is 14.7. The van der Waals surface area contributed by atoms with Gasteiger partial charge in [0, 0.05) is 69.8 Å². The molecule has 2 aliphatic carbocycles. The van der Waals surface area contributed by atoms with Gasteiger partial charge in [0.05, 0.1) is 33.8 Å². The summed E-state index contributed by atoms with van der Waals surface area (Å²) in [4.78, 5) is 99.7. The first-order valence-electron chi connectivity index (χ1n) is 26.0. The maximum Gasteiger partial charge on any atom is 0.269 e. The third-order valence-electron chi connectivity index (χ3n) is 14.0. The Kier molecular flexibility index (Phi) is 18.7. The lowest BCUT2D eigenvalue weighted by Crippen LogP contribution is -2.59. The number of benzene rings is 3. The fraction of sp³-hybridized carbons (Fsp3) is 0.446. The van der Waals surface area contributed by atoms with Gasteiger partial charge in [0.1, 0.15) is 35.1 Å². The second kappa shape index (κ2) is 25.2. The number of aliphatic hydroxyl groups is 2. The molecule has 3 aliphatic rings. The topological polar surface area (TPSA) is 293 Å². The van der Waals surface area contributed by atoms with Crippen molar-refractivity contribution in [1.82, 2.24) is 41.4 Å². The van der Waals surface area contributed by atoms with Gasteiger partial charge in [-0.05, 0) is 85.8 Å². The average molecular weight is 1090 g/mol. The molecule has 2 heterocycles. The first-order valence-corrected chi connectivity index (χ1v) is 26.8. The summed E-state index contributed by atoms with van der Waals surface area (Å²) in [5, 5.41) is 54.0. The minimum Gasteiger partial charge on any atom is -0.507 e. The van der Waals surface area contributed by atoms with Crippen LogP contribution in [0.1, 0.15) is 110 Å². The van der Waals surface area contributed by atoms with Crippen molar-refractivity contribution >= 4 is 64.2 Å². The molecule has 20 nitrogen and oxygen atoms in total. The number of unbranched alkanes of at least 4 members (excludes halogenated alkanes) is 1. The number of likely N-dealkylation sites (tertiary alicyclic amines) is 1. The molecule has 3 aromatic carbocycles. The van der Waals surface area contributed by atoms with Crippen molar-refractivity contribution in [3.8, 4) is 21.9 Å². The Bertz CT molecular complexity index is 2970. The van der Waals surface area contributed by atoms with E-state index in [2.05, 4.69) is 31.6 Å². The Hall–Kier alpha value is -7.72. The molecular formula is C56H68FN9O11S. The number of nitrogens with one attached hydrogen (secondary N) is 6. The highest BCUT2D eigenvalue weighted by molar-refractivity contribution is 7.13. The van der Waals surface area contributed by atoms with Gasteiger partial charge in [0.15, 0.2) is 12.3 Å². The lowest BCUT2D eigenvalue weighted by Gasteiger charge is -2.35. The Morgan fingerprint density at radius 2 is 1.74 bits per heavy atom. The van der Waals surface area contributed by atoms with Crippen LogP contribution in [0.25, 0.3) is 16.2 Å². The van der Waals surface area contributed by atoms with E-state index in [1.54, 1.807) is 38.4 Å². The third kappa shape index (κ3) is 14.6. The molecule has 22 heteroatoms. The lowest BCUT2D eigenvalue weighted by molar-refractivity contribution is -0.145. The fourth-order valence-corrected chi connectivity index (χ4v) is 10.1. The maximum absolute atomic E-state index is 14.7. The zero-order valence-electron chi connectivity index (χ0n) is 44.4. The molecule has 1 aliphatic heterocycles. The zero-order valence-corrected chi connectivity index (χ0v) is 45.2. The van der Waals surface area contributed by atoms with E-state index in [0.717, 1.165) is 45.8 Å². The molecule has 1 saturated heterocycles. The Labute approximate surface area is 455 Å². The number of amides is 7. The van der Waals surface area contributed by atoms with Crippen LogP contribution >= 0.6 is 11.3 Å². The second-order valence-corrected chi connectivity index (χ2v) is 21.9. The third-order valence-corrected chi connectivity index (χ3v) is 15.0. The first-order chi connectivity index (χ1) is 37.0. The Morgan fingerprint density at radius 3 is 2.45 bits per heavy atom. The summed E-state index contributed by atoms with van der Waals surface area (Å²) in [7, 11) is 1.50. The minimum absolute atomic E-state index is 0.0530. The number of thiazole rings is 1. The van der Waals surface area contributed by atoms with Gasteiger partial charge in [-0.15, -0.1) is 11.3 Å². The van der Waals surface area contributed by atoms with Gasteiger partial charge >= 0.3 is 0 Å². The van der Waals surface area contributed by atoms with E-state index in [-0.39, 0.29) is 88.1 Å². The van der Waals surface area contributed by atoms with E-state index in [1.807, 2.05) is 37.3 Å². The average Bonchev–Trinajstić information content (AvgIpc) is 3.65. The number of nitrogens with zero attached hydrogens (tertiary/aromatic N) is 3. The normalized spacial score (nSPS) is 17.8. The number of phenolic OH excluding ortho intramolecular Hbond substituents is 1.